The van der Waals surface area contributed by atoms with Gasteiger partial charge in [-0.3, -0.25) is 4.79 Å². The number of anilines is 1. The Morgan fingerprint density at radius 3 is 2.65 bits per heavy atom. The number of nitrogens with zero attached hydrogens (tertiary/aromatic N) is 3. The lowest BCUT2D eigenvalue weighted by atomic mass is 10.2. The molecule has 4 rings (SSSR count). The zero-order valence-corrected chi connectivity index (χ0v) is 19.3. The van der Waals surface area contributed by atoms with Crippen LogP contribution in [0.1, 0.15) is 18.2 Å². The molecular formula is C23H21BrN4O2S. The van der Waals surface area contributed by atoms with Crippen LogP contribution in [0.15, 0.2) is 70.6 Å². The Morgan fingerprint density at radius 1 is 1.13 bits per heavy atom. The predicted molar refractivity (Wildman–Crippen MR) is 127 cm³/mol. The molecule has 2 aromatic heterocycles. The van der Waals surface area contributed by atoms with Crippen molar-refractivity contribution >= 4 is 39.0 Å². The van der Waals surface area contributed by atoms with Crippen LogP contribution in [-0.4, -0.2) is 27.3 Å². The van der Waals surface area contributed by atoms with Crippen molar-refractivity contribution in [3.05, 3.63) is 81.9 Å². The summed E-state index contributed by atoms with van der Waals surface area (Å²) in [6.07, 6.45) is 1.89. The molecule has 4 aromatic rings. The number of thiazole rings is 1. The van der Waals surface area contributed by atoms with Crippen molar-refractivity contribution in [3.8, 4) is 16.3 Å². The van der Waals surface area contributed by atoms with Crippen LogP contribution < -0.4 is 10.1 Å². The van der Waals surface area contributed by atoms with Crippen LogP contribution in [-0.2, 0) is 17.8 Å². The summed E-state index contributed by atoms with van der Waals surface area (Å²) >= 11 is 4.96. The molecule has 0 unspecified atom stereocenters. The molecule has 1 N–H and O–H groups in total. The first kappa shape index (κ1) is 21.3. The van der Waals surface area contributed by atoms with Gasteiger partial charge in [0.15, 0.2) is 0 Å². The van der Waals surface area contributed by atoms with Crippen LogP contribution in [0, 0.1) is 0 Å². The number of carbonyl (C=O) groups is 1. The van der Waals surface area contributed by atoms with Crippen LogP contribution in [0.3, 0.4) is 0 Å². The van der Waals surface area contributed by atoms with Gasteiger partial charge in [-0.15, -0.1) is 11.3 Å². The Balaban J connectivity index is 1.38. The molecular weight excluding hydrogens is 476 g/mol. The average molecular weight is 497 g/mol. The summed E-state index contributed by atoms with van der Waals surface area (Å²) in [5.74, 6) is 1.37. The van der Waals surface area contributed by atoms with Crippen molar-refractivity contribution in [3.63, 3.8) is 0 Å². The number of carbonyl (C=O) groups excluding carboxylic acids is 1. The van der Waals surface area contributed by atoms with Crippen LogP contribution in [0.25, 0.3) is 10.6 Å². The smallest absolute Gasteiger partial charge is 0.231 e. The maximum atomic E-state index is 12.6. The number of amides is 1. The van der Waals surface area contributed by atoms with Gasteiger partial charge in [-0.05, 0) is 48.9 Å². The highest BCUT2D eigenvalue weighted by atomic mass is 79.9. The largest absolute Gasteiger partial charge is 0.494 e. The van der Waals surface area contributed by atoms with E-state index in [0.29, 0.717) is 19.0 Å². The van der Waals surface area contributed by atoms with Crippen molar-refractivity contribution in [2.75, 3.05) is 11.9 Å². The molecule has 0 aliphatic carbocycles. The average Bonchev–Trinajstić information content (AvgIpc) is 3.40. The maximum Gasteiger partial charge on any atom is 0.231 e. The highest BCUT2D eigenvalue weighted by Gasteiger charge is 2.12. The van der Waals surface area contributed by atoms with E-state index in [9.17, 15) is 4.79 Å². The minimum Gasteiger partial charge on any atom is -0.494 e. The molecule has 0 bridgehead atoms. The number of ether oxygens (including phenoxy) is 1. The molecule has 0 aliphatic heterocycles. The van der Waals surface area contributed by atoms with E-state index in [1.807, 2.05) is 60.8 Å². The van der Waals surface area contributed by atoms with Crippen molar-refractivity contribution in [1.82, 2.24) is 14.8 Å². The molecule has 8 heteroatoms. The van der Waals surface area contributed by atoms with Gasteiger partial charge >= 0.3 is 0 Å². The van der Waals surface area contributed by atoms with Gasteiger partial charge in [-0.2, -0.15) is 5.10 Å². The number of halogens is 1. The predicted octanol–water partition coefficient (Wildman–Crippen LogP) is 5.40. The Bertz CT molecular complexity index is 1150. The Morgan fingerprint density at radius 2 is 1.90 bits per heavy atom. The molecule has 0 atom stereocenters. The number of benzene rings is 2. The summed E-state index contributed by atoms with van der Waals surface area (Å²) in [5, 5.41) is 10.1. The van der Waals surface area contributed by atoms with E-state index in [4.69, 9.17) is 4.74 Å². The number of hydrogen-bond acceptors (Lipinski definition) is 5. The lowest BCUT2D eigenvalue weighted by Gasteiger charge is -2.09. The highest BCUT2D eigenvalue weighted by Crippen LogP contribution is 2.26. The lowest BCUT2D eigenvalue weighted by Crippen LogP contribution is -2.18. The third-order valence-electron chi connectivity index (χ3n) is 4.54. The molecule has 0 fully saturated rings. The van der Waals surface area contributed by atoms with E-state index in [-0.39, 0.29) is 12.3 Å². The highest BCUT2D eigenvalue weighted by molar-refractivity contribution is 9.10. The second-order valence-corrected chi connectivity index (χ2v) is 8.60. The Hall–Kier alpha value is -2.97. The van der Waals surface area contributed by atoms with Gasteiger partial charge in [0.05, 0.1) is 31.5 Å². The van der Waals surface area contributed by atoms with Crippen molar-refractivity contribution in [2.45, 2.75) is 19.9 Å². The van der Waals surface area contributed by atoms with Gasteiger partial charge in [0.2, 0.25) is 5.91 Å². The summed E-state index contributed by atoms with van der Waals surface area (Å²) in [6, 6.07) is 17.6. The third-order valence-corrected chi connectivity index (χ3v) is 6.00. The molecule has 31 heavy (non-hydrogen) atoms. The fourth-order valence-electron chi connectivity index (χ4n) is 3.06. The first-order chi connectivity index (χ1) is 15.1. The second-order valence-electron chi connectivity index (χ2n) is 6.83. The van der Waals surface area contributed by atoms with Crippen LogP contribution >= 0.6 is 27.3 Å². The molecule has 6 nitrogen and oxygen atoms in total. The molecule has 158 valence electrons. The van der Waals surface area contributed by atoms with Crippen molar-refractivity contribution in [1.29, 1.82) is 0 Å². The fraction of sp³-hybridized carbons (Fsp3) is 0.174. The van der Waals surface area contributed by atoms with Gasteiger partial charge in [-0.25, -0.2) is 9.67 Å². The van der Waals surface area contributed by atoms with Gasteiger partial charge in [0.25, 0.3) is 0 Å². The van der Waals surface area contributed by atoms with Gasteiger partial charge in [-0.1, -0.05) is 28.1 Å². The van der Waals surface area contributed by atoms with Gasteiger partial charge in [0.1, 0.15) is 16.6 Å². The Kier molecular flexibility index (Phi) is 6.79. The summed E-state index contributed by atoms with van der Waals surface area (Å²) in [5.41, 5.74) is 2.85. The molecule has 2 aromatic carbocycles. The first-order valence-corrected chi connectivity index (χ1v) is 11.5. The molecule has 0 saturated carbocycles. The minimum absolute atomic E-state index is 0.124. The monoisotopic (exact) mass is 496 g/mol. The quantitative estimate of drug-likeness (QED) is 0.354. The van der Waals surface area contributed by atoms with E-state index in [0.717, 1.165) is 32.1 Å². The SMILES string of the molecule is CCOc1ccc(-c2nc(CC(=O)Nc3ccnn3Cc3ccc(Br)cc3)cs2)cc1. The summed E-state index contributed by atoms with van der Waals surface area (Å²) < 4.78 is 8.28. The summed E-state index contributed by atoms with van der Waals surface area (Å²) in [6.45, 7) is 3.17. The standard InChI is InChI=1S/C23H21BrN4O2S/c1-2-30-20-9-5-17(6-10-20)23-26-19(15-31-23)13-22(29)27-21-11-12-25-28(21)14-16-3-7-18(24)8-4-16/h3-12,15H,2,13-14H2,1H3,(H,27,29). The van der Waals surface area contributed by atoms with E-state index in [1.165, 1.54) is 11.3 Å². The van der Waals surface area contributed by atoms with Crippen LogP contribution in [0.4, 0.5) is 5.82 Å². The van der Waals surface area contributed by atoms with E-state index < -0.39 is 0 Å². The summed E-state index contributed by atoms with van der Waals surface area (Å²) in [4.78, 5) is 17.2. The summed E-state index contributed by atoms with van der Waals surface area (Å²) in [7, 11) is 0. The maximum absolute atomic E-state index is 12.6. The minimum atomic E-state index is -0.124. The van der Waals surface area contributed by atoms with Crippen LogP contribution in [0.5, 0.6) is 5.75 Å². The van der Waals surface area contributed by atoms with Gasteiger partial charge in [0, 0.05) is 21.5 Å². The lowest BCUT2D eigenvalue weighted by molar-refractivity contribution is -0.115. The zero-order chi connectivity index (χ0) is 21.6. The van der Waals surface area contributed by atoms with Crippen LogP contribution in [0.2, 0.25) is 0 Å². The van der Waals surface area contributed by atoms with E-state index in [1.54, 1.807) is 16.9 Å². The van der Waals surface area contributed by atoms with Crippen molar-refractivity contribution in [2.24, 2.45) is 0 Å². The Labute approximate surface area is 193 Å². The number of aromatic nitrogens is 3. The topological polar surface area (TPSA) is 69.0 Å². The molecule has 0 saturated heterocycles. The molecule has 0 spiro atoms. The first-order valence-electron chi connectivity index (χ1n) is 9.84. The molecule has 2 heterocycles. The molecule has 1 amide bonds. The third kappa shape index (κ3) is 5.59. The number of nitrogens with one attached hydrogen (secondary N) is 1. The van der Waals surface area contributed by atoms with E-state index >= 15 is 0 Å². The molecule has 0 aliphatic rings. The second kappa shape index (κ2) is 9.89. The zero-order valence-electron chi connectivity index (χ0n) is 16.9. The number of rotatable bonds is 8. The normalized spacial score (nSPS) is 10.8. The fourth-order valence-corrected chi connectivity index (χ4v) is 4.15. The molecule has 0 radical (unpaired) electrons. The van der Waals surface area contributed by atoms with Crippen molar-refractivity contribution < 1.29 is 9.53 Å². The van der Waals surface area contributed by atoms with Gasteiger partial charge < -0.3 is 10.1 Å². The van der Waals surface area contributed by atoms with E-state index in [2.05, 4.69) is 31.3 Å². The number of hydrogen-bond donors (Lipinski definition) is 1.